The van der Waals surface area contributed by atoms with E-state index < -0.39 is 12.1 Å². The van der Waals surface area contributed by atoms with Crippen molar-refractivity contribution < 1.29 is 14.0 Å². The second-order valence-corrected chi connectivity index (χ2v) is 5.85. The predicted molar refractivity (Wildman–Crippen MR) is 83.3 cm³/mol. The van der Waals surface area contributed by atoms with Gasteiger partial charge in [0.15, 0.2) is 0 Å². The maximum absolute atomic E-state index is 12.4. The molecule has 1 fully saturated rings. The average Bonchev–Trinajstić information content (AvgIpc) is 3.08. The average molecular weight is 355 g/mol. The van der Waals surface area contributed by atoms with Crippen molar-refractivity contribution in [3.63, 3.8) is 0 Å². The number of imide groups is 1. The van der Waals surface area contributed by atoms with Crippen molar-refractivity contribution in [3.05, 3.63) is 40.0 Å². The standard InChI is InChI=1S/C14H12Cl2N4O3/c1-7-18-19-13(23-7)11-4-5-12(21)20(11)14(22)17-8-2-3-9(15)10(16)6-8/h2-3,6,11H,4-5H2,1H3,(H,17,22). The van der Waals surface area contributed by atoms with E-state index in [1.54, 1.807) is 19.1 Å². The topological polar surface area (TPSA) is 88.3 Å². The number of anilines is 1. The molecule has 1 aliphatic heterocycles. The Bertz CT molecular complexity index is 777. The molecule has 120 valence electrons. The number of likely N-dealkylation sites (tertiary alicyclic amines) is 1. The van der Waals surface area contributed by atoms with Gasteiger partial charge in [0.05, 0.1) is 10.0 Å². The van der Waals surface area contributed by atoms with E-state index in [0.29, 0.717) is 28.0 Å². The van der Waals surface area contributed by atoms with Crippen LogP contribution in [0.4, 0.5) is 10.5 Å². The Morgan fingerprint density at radius 1 is 1.35 bits per heavy atom. The molecule has 1 aromatic heterocycles. The lowest BCUT2D eigenvalue weighted by atomic mass is 10.2. The third-order valence-corrected chi connectivity index (χ3v) is 4.17. The first-order valence-corrected chi connectivity index (χ1v) is 7.59. The molecule has 0 radical (unpaired) electrons. The van der Waals surface area contributed by atoms with Gasteiger partial charge in [-0.3, -0.25) is 9.69 Å². The fourth-order valence-electron chi connectivity index (χ4n) is 2.38. The highest BCUT2D eigenvalue weighted by Crippen LogP contribution is 2.33. The molecule has 1 unspecified atom stereocenters. The number of aromatic nitrogens is 2. The maximum atomic E-state index is 12.4. The molecule has 3 rings (SSSR count). The predicted octanol–water partition coefficient (Wildman–Crippen LogP) is 3.58. The number of amides is 3. The van der Waals surface area contributed by atoms with Crippen LogP contribution in [0, 0.1) is 6.92 Å². The summed E-state index contributed by atoms with van der Waals surface area (Å²) in [5.41, 5.74) is 0.435. The van der Waals surface area contributed by atoms with E-state index in [0.717, 1.165) is 4.90 Å². The molecule has 0 aliphatic carbocycles. The van der Waals surface area contributed by atoms with Crippen LogP contribution in [0.1, 0.15) is 30.7 Å². The van der Waals surface area contributed by atoms with Gasteiger partial charge in [0.25, 0.3) is 0 Å². The number of rotatable bonds is 2. The van der Waals surface area contributed by atoms with E-state index in [9.17, 15) is 9.59 Å². The summed E-state index contributed by atoms with van der Waals surface area (Å²) in [6.45, 7) is 1.65. The summed E-state index contributed by atoms with van der Waals surface area (Å²) >= 11 is 11.8. The van der Waals surface area contributed by atoms with Gasteiger partial charge in [0.2, 0.25) is 17.7 Å². The molecule has 1 aliphatic rings. The monoisotopic (exact) mass is 354 g/mol. The first-order valence-electron chi connectivity index (χ1n) is 6.84. The second kappa shape index (κ2) is 6.17. The summed E-state index contributed by atoms with van der Waals surface area (Å²) in [6, 6.07) is 3.52. The van der Waals surface area contributed by atoms with Crippen LogP contribution < -0.4 is 5.32 Å². The van der Waals surface area contributed by atoms with Gasteiger partial charge in [0, 0.05) is 19.0 Å². The van der Waals surface area contributed by atoms with Crippen LogP contribution in [0.15, 0.2) is 22.6 Å². The van der Waals surface area contributed by atoms with Crippen molar-refractivity contribution in [3.8, 4) is 0 Å². The molecule has 3 amide bonds. The van der Waals surface area contributed by atoms with Gasteiger partial charge < -0.3 is 9.73 Å². The van der Waals surface area contributed by atoms with Crippen LogP contribution in [0.2, 0.25) is 10.0 Å². The lowest BCUT2D eigenvalue weighted by molar-refractivity contribution is -0.126. The lowest BCUT2D eigenvalue weighted by Crippen LogP contribution is -2.37. The highest BCUT2D eigenvalue weighted by atomic mass is 35.5. The van der Waals surface area contributed by atoms with Crippen molar-refractivity contribution >= 4 is 40.8 Å². The third kappa shape index (κ3) is 3.16. The number of carbonyl (C=O) groups excluding carboxylic acids is 2. The fourth-order valence-corrected chi connectivity index (χ4v) is 2.67. The van der Waals surface area contributed by atoms with Crippen LogP contribution in [0.25, 0.3) is 0 Å². The van der Waals surface area contributed by atoms with E-state index in [-0.39, 0.29) is 18.2 Å². The summed E-state index contributed by atoms with van der Waals surface area (Å²) in [6.07, 6.45) is 0.677. The zero-order valence-corrected chi connectivity index (χ0v) is 13.6. The Hall–Kier alpha value is -2.12. The largest absolute Gasteiger partial charge is 0.423 e. The maximum Gasteiger partial charge on any atom is 0.329 e. The van der Waals surface area contributed by atoms with Gasteiger partial charge >= 0.3 is 6.03 Å². The molecular weight excluding hydrogens is 343 g/mol. The number of hydrogen-bond donors (Lipinski definition) is 1. The molecule has 1 atom stereocenters. The molecule has 1 saturated heterocycles. The molecule has 7 nitrogen and oxygen atoms in total. The number of nitrogens with one attached hydrogen (secondary N) is 1. The minimum absolute atomic E-state index is 0.237. The van der Waals surface area contributed by atoms with Crippen LogP contribution in [-0.4, -0.2) is 27.0 Å². The van der Waals surface area contributed by atoms with E-state index in [4.69, 9.17) is 27.6 Å². The van der Waals surface area contributed by atoms with Crippen LogP contribution >= 0.6 is 23.2 Å². The number of aryl methyl sites for hydroxylation is 1. The van der Waals surface area contributed by atoms with E-state index in [2.05, 4.69) is 15.5 Å². The molecule has 0 bridgehead atoms. The number of carbonyl (C=O) groups is 2. The first-order chi connectivity index (χ1) is 11.0. The van der Waals surface area contributed by atoms with Crippen LogP contribution in [-0.2, 0) is 4.79 Å². The highest BCUT2D eigenvalue weighted by molar-refractivity contribution is 6.42. The van der Waals surface area contributed by atoms with Gasteiger partial charge in [-0.05, 0) is 24.6 Å². The Kier molecular flexibility index (Phi) is 4.23. The zero-order valence-electron chi connectivity index (χ0n) is 12.0. The Labute approximate surface area is 141 Å². The molecule has 1 aromatic carbocycles. The Morgan fingerprint density at radius 3 is 2.78 bits per heavy atom. The summed E-state index contributed by atoms with van der Waals surface area (Å²) in [4.78, 5) is 25.6. The lowest BCUT2D eigenvalue weighted by Gasteiger charge is -2.20. The Morgan fingerprint density at radius 2 is 2.13 bits per heavy atom. The van der Waals surface area contributed by atoms with E-state index >= 15 is 0 Å². The number of nitrogens with zero attached hydrogens (tertiary/aromatic N) is 3. The molecule has 0 spiro atoms. The fraction of sp³-hybridized carbons (Fsp3) is 0.286. The van der Waals surface area contributed by atoms with Crippen molar-refractivity contribution in [1.82, 2.24) is 15.1 Å². The van der Waals surface area contributed by atoms with Gasteiger partial charge in [-0.2, -0.15) is 0 Å². The van der Waals surface area contributed by atoms with Gasteiger partial charge in [0.1, 0.15) is 6.04 Å². The smallest absolute Gasteiger partial charge is 0.329 e. The highest BCUT2D eigenvalue weighted by Gasteiger charge is 2.40. The summed E-state index contributed by atoms with van der Waals surface area (Å²) in [5, 5.41) is 10.9. The summed E-state index contributed by atoms with van der Waals surface area (Å²) < 4.78 is 5.35. The molecule has 0 saturated carbocycles. The Balaban J connectivity index is 1.81. The molecular formula is C14H12Cl2N4O3. The van der Waals surface area contributed by atoms with E-state index in [1.165, 1.54) is 6.07 Å². The number of hydrogen-bond acceptors (Lipinski definition) is 5. The van der Waals surface area contributed by atoms with Gasteiger partial charge in [-0.15, -0.1) is 10.2 Å². The van der Waals surface area contributed by atoms with E-state index in [1.807, 2.05) is 0 Å². The SMILES string of the molecule is Cc1nnc(C2CCC(=O)N2C(=O)Nc2ccc(Cl)c(Cl)c2)o1. The minimum atomic E-state index is -0.577. The first kappa shape index (κ1) is 15.8. The van der Waals surface area contributed by atoms with Crippen molar-refractivity contribution in [2.45, 2.75) is 25.8 Å². The van der Waals surface area contributed by atoms with Crippen LogP contribution in [0.3, 0.4) is 0 Å². The van der Waals surface area contributed by atoms with Crippen molar-refractivity contribution in [1.29, 1.82) is 0 Å². The summed E-state index contributed by atoms with van der Waals surface area (Å²) in [7, 11) is 0. The van der Waals surface area contributed by atoms with Crippen molar-refractivity contribution in [2.24, 2.45) is 0 Å². The van der Waals surface area contributed by atoms with Gasteiger partial charge in [-0.25, -0.2) is 4.79 Å². The number of urea groups is 1. The molecule has 9 heteroatoms. The van der Waals surface area contributed by atoms with Crippen LogP contribution in [0.5, 0.6) is 0 Å². The summed E-state index contributed by atoms with van der Waals surface area (Å²) in [5.74, 6) is 0.324. The molecule has 1 N–H and O–H groups in total. The molecule has 23 heavy (non-hydrogen) atoms. The molecule has 2 heterocycles. The second-order valence-electron chi connectivity index (χ2n) is 5.04. The van der Waals surface area contributed by atoms with Gasteiger partial charge in [-0.1, -0.05) is 23.2 Å². The van der Waals surface area contributed by atoms with Crippen molar-refractivity contribution in [2.75, 3.05) is 5.32 Å². The molecule has 2 aromatic rings. The minimum Gasteiger partial charge on any atom is -0.423 e. The third-order valence-electron chi connectivity index (χ3n) is 3.43. The quantitative estimate of drug-likeness (QED) is 0.890. The zero-order chi connectivity index (χ0) is 16.6. The number of halogens is 2. The number of benzene rings is 1. The normalized spacial score (nSPS) is 17.6.